The van der Waals surface area contributed by atoms with Gasteiger partial charge < -0.3 is 15.0 Å². The molecule has 0 saturated carbocycles. The summed E-state index contributed by atoms with van der Waals surface area (Å²) in [5.41, 5.74) is 3.22. The third-order valence-electron chi connectivity index (χ3n) is 7.90. The number of nitriles is 1. The fraction of sp³-hybridized carbons (Fsp3) is 0.375. The summed E-state index contributed by atoms with van der Waals surface area (Å²) in [4.78, 5) is 25.5. The molecule has 1 atom stereocenters. The molecule has 2 fully saturated rings. The Labute approximate surface area is 242 Å². The van der Waals surface area contributed by atoms with Crippen LogP contribution < -0.4 is 15.8 Å². The molecule has 2 aromatic carbocycles. The molecule has 8 nitrogen and oxygen atoms in total. The molecule has 1 N–H and O–H groups in total. The number of hydrogen-bond acceptors (Lipinski definition) is 7. The van der Waals surface area contributed by atoms with E-state index < -0.39 is 17.2 Å². The highest BCUT2D eigenvalue weighted by Gasteiger charge is 2.27. The number of ether oxygens (including phenoxy) is 1. The Hall–Kier alpha value is -4.20. The molecule has 0 radical (unpaired) electrons. The highest BCUT2D eigenvalue weighted by molar-refractivity contribution is 5.94. The summed E-state index contributed by atoms with van der Waals surface area (Å²) >= 11 is 0. The number of nitrogens with one attached hydrogen (secondary N) is 1. The first-order valence-corrected chi connectivity index (χ1v) is 14.4. The molecule has 4 aromatic rings. The standard InChI is InChI=1S/C32H32F2N6O2/c1-19-12-22(13-20(2)37-19)24-14-21(18-35)15-25-29(24)38-31(28-6-3-7-36-28)40(32(25)41)23-16-26(33)30(27(34)17-23)39-8-4-10-42-11-5-9-39/h12-17,28,36H,3-11H2,1-2H3. The quantitative estimate of drug-likeness (QED) is 0.358. The van der Waals surface area contributed by atoms with Crippen molar-refractivity contribution < 1.29 is 13.5 Å². The molecule has 1 unspecified atom stereocenters. The van der Waals surface area contributed by atoms with Crippen molar-refractivity contribution >= 4 is 16.6 Å². The second-order valence-corrected chi connectivity index (χ2v) is 11.0. The summed E-state index contributed by atoms with van der Waals surface area (Å²) < 4.78 is 38.3. The lowest BCUT2D eigenvalue weighted by atomic mass is 9.98. The maximum atomic E-state index is 15.7. The summed E-state index contributed by atoms with van der Waals surface area (Å²) in [6, 6.07) is 11.3. The van der Waals surface area contributed by atoms with E-state index in [-0.39, 0.29) is 28.4 Å². The van der Waals surface area contributed by atoms with E-state index in [1.54, 1.807) is 11.0 Å². The Kier molecular flexibility index (Phi) is 7.71. The number of aryl methyl sites for hydroxylation is 2. The van der Waals surface area contributed by atoms with Crippen molar-refractivity contribution in [1.29, 1.82) is 5.26 Å². The van der Waals surface area contributed by atoms with Gasteiger partial charge in [0.25, 0.3) is 5.56 Å². The maximum Gasteiger partial charge on any atom is 0.266 e. The number of fused-ring (bicyclic) bond motifs is 1. The van der Waals surface area contributed by atoms with Crippen LogP contribution in [-0.2, 0) is 4.74 Å². The third-order valence-corrected chi connectivity index (χ3v) is 7.90. The van der Waals surface area contributed by atoms with Gasteiger partial charge >= 0.3 is 0 Å². The summed E-state index contributed by atoms with van der Waals surface area (Å²) in [6.45, 7) is 6.52. The van der Waals surface area contributed by atoms with E-state index in [0.717, 1.165) is 36.3 Å². The Morgan fingerprint density at radius 1 is 0.976 bits per heavy atom. The van der Waals surface area contributed by atoms with E-state index in [2.05, 4.69) is 16.4 Å². The van der Waals surface area contributed by atoms with E-state index in [1.165, 1.54) is 22.8 Å². The Morgan fingerprint density at radius 3 is 2.29 bits per heavy atom. The molecule has 2 aliphatic rings. The predicted octanol–water partition coefficient (Wildman–Crippen LogP) is 5.26. The van der Waals surface area contributed by atoms with Crippen molar-refractivity contribution in [2.24, 2.45) is 0 Å². The Bertz CT molecular complexity index is 1720. The van der Waals surface area contributed by atoms with Crippen LogP contribution in [-0.4, -0.2) is 47.4 Å². The first kappa shape index (κ1) is 27.9. The monoisotopic (exact) mass is 570 g/mol. The lowest BCUT2D eigenvalue weighted by Crippen LogP contribution is -2.32. The van der Waals surface area contributed by atoms with E-state index in [4.69, 9.17) is 9.72 Å². The van der Waals surface area contributed by atoms with Gasteiger partial charge in [0.1, 0.15) is 11.5 Å². The first-order valence-electron chi connectivity index (χ1n) is 14.4. The van der Waals surface area contributed by atoms with Crippen LogP contribution in [0.3, 0.4) is 0 Å². The van der Waals surface area contributed by atoms with Crippen LogP contribution in [0.2, 0.25) is 0 Å². The molecule has 0 bridgehead atoms. The molecule has 42 heavy (non-hydrogen) atoms. The fourth-order valence-electron chi connectivity index (χ4n) is 6.11. The van der Waals surface area contributed by atoms with E-state index in [1.807, 2.05) is 26.0 Å². The smallest absolute Gasteiger partial charge is 0.266 e. The van der Waals surface area contributed by atoms with Gasteiger partial charge in [-0.05, 0) is 75.9 Å². The van der Waals surface area contributed by atoms with Gasteiger partial charge in [0.05, 0.1) is 34.3 Å². The Morgan fingerprint density at radius 2 is 1.67 bits per heavy atom. The van der Waals surface area contributed by atoms with Crippen LogP contribution in [0.4, 0.5) is 14.5 Å². The zero-order valence-electron chi connectivity index (χ0n) is 23.7. The van der Waals surface area contributed by atoms with Crippen molar-refractivity contribution in [3.8, 4) is 22.9 Å². The zero-order chi connectivity index (χ0) is 29.4. The van der Waals surface area contributed by atoms with Crippen LogP contribution in [0, 0.1) is 36.8 Å². The molecule has 216 valence electrons. The van der Waals surface area contributed by atoms with E-state index >= 15 is 8.78 Å². The van der Waals surface area contributed by atoms with Gasteiger partial charge in [-0.2, -0.15) is 5.26 Å². The zero-order valence-corrected chi connectivity index (χ0v) is 23.7. The third kappa shape index (κ3) is 5.26. The van der Waals surface area contributed by atoms with Gasteiger partial charge in [0.15, 0.2) is 11.6 Å². The van der Waals surface area contributed by atoms with Gasteiger partial charge in [0.2, 0.25) is 0 Å². The summed E-state index contributed by atoms with van der Waals surface area (Å²) in [6.07, 6.45) is 2.91. The molecule has 0 spiro atoms. The van der Waals surface area contributed by atoms with Crippen LogP contribution in [0.15, 0.2) is 41.2 Å². The molecule has 0 amide bonds. The fourth-order valence-corrected chi connectivity index (χ4v) is 6.11. The van der Waals surface area contributed by atoms with Gasteiger partial charge in [-0.3, -0.25) is 14.3 Å². The lowest BCUT2D eigenvalue weighted by Gasteiger charge is -2.28. The first-order chi connectivity index (χ1) is 20.3. The minimum absolute atomic E-state index is 0.0618. The summed E-state index contributed by atoms with van der Waals surface area (Å²) in [7, 11) is 0. The van der Waals surface area contributed by atoms with Crippen LogP contribution >= 0.6 is 0 Å². The molecular formula is C32H32F2N6O2. The van der Waals surface area contributed by atoms with Crippen LogP contribution in [0.25, 0.3) is 27.7 Å². The predicted molar refractivity (Wildman–Crippen MR) is 157 cm³/mol. The number of benzene rings is 2. The number of nitrogens with zero attached hydrogens (tertiary/aromatic N) is 5. The second-order valence-electron chi connectivity index (χ2n) is 11.0. The highest BCUT2D eigenvalue weighted by Crippen LogP contribution is 2.33. The molecule has 2 saturated heterocycles. The minimum Gasteiger partial charge on any atom is -0.381 e. The number of halogens is 2. The maximum absolute atomic E-state index is 15.7. The second kappa shape index (κ2) is 11.6. The van der Waals surface area contributed by atoms with Gasteiger partial charge in [0, 0.05) is 55.4 Å². The van der Waals surface area contributed by atoms with Crippen LogP contribution in [0.5, 0.6) is 0 Å². The average Bonchev–Trinajstić information content (AvgIpc) is 3.47. The normalized spacial score (nSPS) is 17.7. The van der Waals surface area contributed by atoms with Gasteiger partial charge in [-0.15, -0.1) is 0 Å². The van der Waals surface area contributed by atoms with Gasteiger partial charge in [-0.1, -0.05) is 0 Å². The van der Waals surface area contributed by atoms with Crippen LogP contribution in [0.1, 0.15) is 54.5 Å². The molecule has 2 aromatic heterocycles. The molecule has 2 aliphatic heterocycles. The van der Waals surface area contributed by atoms with Crippen molar-refractivity contribution in [3.05, 3.63) is 81.2 Å². The summed E-state index contributed by atoms with van der Waals surface area (Å²) in [5, 5.41) is 13.4. The lowest BCUT2D eigenvalue weighted by molar-refractivity contribution is 0.124. The van der Waals surface area contributed by atoms with Crippen molar-refractivity contribution in [2.45, 2.75) is 45.6 Å². The van der Waals surface area contributed by atoms with Crippen molar-refractivity contribution in [2.75, 3.05) is 37.7 Å². The number of anilines is 1. The summed E-state index contributed by atoms with van der Waals surface area (Å²) in [5.74, 6) is -1.09. The molecule has 0 aliphatic carbocycles. The average molecular weight is 571 g/mol. The van der Waals surface area contributed by atoms with Crippen molar-refractivity contribution in [1.82, 2.24) is 19.9 Å². The SMILES string of the molecule is Cc1cc(-c2cc(C#N)cc3c(=O)n(-c4cc(F)c(N5CCCOCCC5)c(F)c4)c(C4CCCN4)nc23)cc(C)n1. The Balaban J connectivity index is 1.58. The number of hydrogen-bond donors (Lipinski definition) is 1. The topological polar surface area (TPSA) is 96.1 Å². The molecule has 10 heteroatoms. The molecule has 6 rings (SSSR count). The van der Waals surface area contributed by atoms with E-state index in [0.29, 0.717) is 56.0 Å². The van der Waals surface area contributed by atoms with Crippen molar-refractivity contribution in [3.63, 3.8) is 0 Å². The highest BCUT2D eigenvalue weighted by atomic mass is 19.1. The minimum atomic E-state index is -0.738. The molecule has 4 heterocycles. The largest absolute Gasteiger partial charge is 0.381 e. The van der Waals surface area contributed by atoms with E-state index in [9.17, 15) is 10.1 Å². The number of rotatable bonds is 4. The number of aromatic nitrogens is 3. The molecular weight excluding hydrogens is 538 g/mol. The number of pyridine rings is 1. The van der Waals surface area contributed by atoms with Gasteiger partial charge in [-0.25, -0.2) is 13.8 Å².